The summed E-state index contributed by atoms with van der Waals surface area (Å²) in [6.07, 6.45) is 2.77. The number of benzene rings is 2. The number of nitrogens with one attached hydrogen (secondary N) is 2. The largest absolute Gasteiger partial charge is 0.322 e. The molecule has 6 heteroatoms. The van der Waals surface area contributed by atoms with Crippen molar-refractivity contribution in [1.29, 1.82) is 5.26 Å². The van der Waals surface area contributed by atoms with Crippen molar-refractivity contribution in [3.8, 4) is 6.07 Å². The third-order valence-electron chi connectivity index (χ3n) is 4.39. The number of carbonyl (C=O) groups is 2. The monoisotopic (exact) mass is 384 g/mol. The van der Waals surface area contributed by atoms with Gasteiger partial charge in [-0.2, -0.15) is 5.26 Å². The molecule has 1 heterocycles. The third kappa shape index (κ3) is 4.85. The van der Waals surface area contributed by atoms with Crippen LogP contribution < -0.4 is 10.6 Å². The maximum absolute atomic E-state index is 12.5. The fourth-order valence-corrected chi connectivity index (χ4v) is 2.73. The highest BCUT2D eigenvalue weighted by molar-refractivity contribution is 6.08. The van der Waals surface area contributed by atoms with Crippen molar-refractivity contribution in [2.24, 2.45) is 0 Å². The Labute approximate surface area is 169 Å². The van der Waals surface area contributed by atoms with E-state index in [1.807, 2.05) is 30.3 Å². The van der Waals surface area contributed by atoms with Crippen LogP contribution in [0.2, 0.25) is 0 Å². The molecule has 3 rings (SSSR count). The van der Waals surface area contributed by atoms with Crippen LogP contribution in [0.5, 0.6) is 0 Å². The molecule has 2 N–H and O–H groups in total. The van der Waals surface area contributed by atoms with Gasteiger partial charge in [-0.15, -0.1) is 0 Å². The zero-order valence-corrected chi connectivity index (χ0v) is 16.1. The zero-order chi connectivity index (χ0) is 20.8. The summed E-state index contributed by atoms with van der Waals surface area (Å²) in [6, 6.07) is 17.8. The number of nitrogens with zero attached hydrogens (tertiary/aromatic N) is 2. The number of anilines is 2. The van der Waals surface area contributed by atoms with Crippen LogP contribution in [-0.2, 0) is 0 Å². The summed E-state index contributed by atoms with van der Waals surface area (Å²) in [5, 5.41) is 14.6. The summed E-state index contributed by atoms with van der Waals surface area (Å²) in [6.45, 7) is 4.20. The number of nitriles is 1. The van der Waals surface area contributed by atoms with E-state index in [9.17, 15) is 9.59 Å². The molecule has 0 atom stereocenters. The van der Waals surface area contributed by atoms with Crippen molar-refractivity contribution in [2.45, 2.75) is 19.8 Å². The first-order valence-corrected chi connectivity index (χ1v) is 9.15. The molecular formula is C23H20N4O2. The van der Waals surface area contributed by atoms with Crippen molar-refractivity contribution in [2.75, 3.05) is 10.6 Å². The van der Waals surface area contributed by atoms with E-state index in [0.29, 0.717) is 22.9 Å². The maximum Gasteiger partial charge on any atom is 0.257 e. The first-order chi connectivity index (χ1) is 14.0. The summed E-state index contributed by atoms with van der Waals surface area (Å²) < 4.78 is 0. The highest BCUT2D eigenvalue weighted by atomic mass is 16.2. The van der Waals surface area contributed by atoms with Crippen LogP contribution in [0, 0.1) is 11.3 Å². The molecule has 0 spiro atoms. The summed E-state index contributed by atoms with van der Waals surface area (Å²) >= 11 is 0. The Balaban J connectivity index is 1.73. The molecular weight excluding hydrogens is 364 g/mol. The van der Waals surface area contributed by atoms with Gasteiger partial charge in [0.1, 0.15) is 6.07 Å². The molecule has 0 aliphatic carbocycles. The number of para-hydroxylation sites is 1. The molecule has 144 valence electrons. The van der Waals surface area contributed by atoms with Crippen LogP contribution in [0.15, 0.2) is 67.0 Å². The van der Waals surface area contributed by atoms with E-state index in [1.54, 1.807) is 24.3 Å². The third-order valence-corrected chi connectivity index (χ3v) is 4.39. The molecule has 0 unspecified atom stereocenters. The Bertz CT molecular complexity index is 1080. The molecule has 2 aromatic carbocycles. The molecule has 6 nitrogen and oxygen atoms in total. The lowest BCUT2D eigenvalue weighted by atomic mass is 10.0. The van der Waals surface area contributed by atoms with E-state index >= 15 is 0 Å². The van der Waals surface area contributed by atoms with E-state index in [1.165, 1.54) is 24.0 Å². The number of amides is 2. The Morgan fingerprint density at radius 3 is 2.17 bits per heavy atom. The van der Waals surface area contributed by atoms with E-state index in [2.05, 4.69) is 29.5 Å². The number of rotatable bonds is 5. The van der Waals surface area contributed by atoms with Gasteiger partial charge in [-0.3, -0.25) is 14.6 Å². The van der Waals surface area contributed by atoms with E-state index in [0.717, 1.165) is 0 Å². The summed E-state index contributed by atoms with van der Waals surface area (Å²) in [5.41, 5.74) is 3.09. The molecule has 0 saturated heterocycles. The molecule has 0 saturated carbocycles. The highest BCUT2D eigenvalue weighted by Crippen LogP contribution is 2.18. The van der Waals surface area contributed by atoms with Crippen LogP contribution in [0.4, 0.5) is 11.4 Å². The standard InChI is InChI=1S/C23H20N4O2/c1-15(2)16-7-9-20(10-8-16)26-22(28)18-11-19(14-25-13-18)23(29)27-21-6-4-3-5-17(21)12-24/h3-11,13-15H,1-2H3,(H,26,28)(H,27,29). The van der Waals surface area contributed by atoms with Crippen molar-refractivity contribution < 1.29 is 9.59 Å². The summed E-state index contributed by atoms with van der Waals surface area (Å²) in [5.74, 6) is -0.400. The number of carbonyl (C=O) groups excluding carboxylic acids is 2. The second-order valence-corrected chi connectivity index (χ2v) is 6.80. The van der Waals surface area contributed by atoms with Gasteiger partial charge in [-0.1, -0.05) is 38.1 Å². The number of pyridine rings is 1. The average molecular weight is 384 g/mol. The Kier molecular flexibility index (Phi) is 6.00. The van der Waals surface area contributed by atoms with Crippen molar-refractivity contribution in [3.05, 3.63) is 89.2 Å². The molecule has 0 bridgehead atoms. The van der Waals surface area contributed by atoms with Crippen molar-refractivity contribution in [1.82, 2.24) is 4.98 Å². The van der Waals surface area contributed by atoms with Gasteiger partial charge in [0, 0.05) is 18.1 Å². The quantitative estimate of drug-likeness (QED) is 0.673. The van der Waals surface area contributed by atoms with Gasteiger partial charge in [0.05, 0.1) is 22.4 Å². The smallest absolute Gasteiger partial charge is 0.257 e. The fraction of sp³-hybridized carbons (Fsp3) is 0.130. The first-order valence-electron chi connectivity index (χ1n) is 9.15. The Hall–Kier alpha value is -3.98. The average Bonchev–Trinajstić information content (AvgIpc) is 2.74. The predicted octanol–water partition coefficient (Wildman–Crippen LogP) is 4.58. The van der Waals surface area contributed by atoms with Crippen molar-refractivity contribution >= 4 is 23.2 Å². The predicted molar refractivity (Wildman–Crippen MR) is 112 cm³/mol. The van der Waals surface area contributed by atoms with Gasteiger partial charge in [0.2, 0.25) is 0 Å². The topological polar surface area (TPSA) is 94.9 Å². The lowest BCUT2D eigenvalue weighted by Crippen LogP contribution is -2.16. The van der Waals surface area contributed by atoms with Crippen LogP contribution in [-0.4, -0.2) is 16.8 Å². The molecule has 3 aromatic rings. The van der Waals surface area contributed by atoms with Gasteiger partial charge in [-0.25, -0.2) is 0 Å². The number of hydrogen-bond acceptors (Lipinski definition) is 4. The molecule has 2 amide bonds. The van der Waals surface area contributed by atoms with Gasteiger partial charge in [0.25, 0.3) is 11.8 Å². The normalized spacial score (nSPS) is 10.3. The van der Waals surface area contributed by atoms with Gasteiger partial charge < -0.3 is 10.6 Å². The Morgan fingerprint density at radius 1 is 0.931 bits per heavy atom. The highest BCUT2D eigenvalue weighted by Gasteiger charge is 2.13. The summed E-state index contributed by atoms with van der Waals surface area (Å²) in [4.78, 5) is 29.1. The number of aromatic nitrogens is 1. The molecule has 29 heavy (non-hydrogen) atoms. The van der Waals surface area contributed by atoms with Gasteiger partial charge in [0.15, 0.2) is 0 Å². The van der Waals surface area contributed by atoms with Crippen LogP contribution in [0.25, 0.3) is 0 Å². The van der Waals surface area contributed by atoms with E-state index < -0.39 is 5.91 Å². The second-order valence-electron chi connectivity index (χ2n) is 6.80. The lowest BCUT2D eigenvalue weighted by molar-refractivity contribution is 0.102. The molecule has 0 radical (unpaired) electrons. The SMILES string of the molecule is CC(C)c1ccc(NC(=O)c2cncc(C(=O)Nc3ccccc3C#N)c2)cc1. The minimum Gasteiger partial charge on any atom is -0.322 e. The van der Waals surface area contributed by atoms with E-state index in [4.69, 9.17) is 5.26 Å². The van der Waals surface area contributed by atoms with Crippen LogP contribution in [0.3, 0.4) is 0 Å². The second kappa shape index (κ2) is 8.81. The van der Waals surface area contributed by atoms with Gasteiger partial charge >= 0.3 is 0 Å². The molecule has 1 aromatic heterocycles. The minimum atomic E-state index is -0.448. The van der Waals surface area contributed by atoms with E-state index in [-0.39, 0.29) is 17.0 Å². The van der Waals surface area contributed by atoms with Crippen molar-refractivity contribution in [3.63, 3.8) is 0 Å². The summed E-state index contributed by atoms with van der Waals surface area (Å²) in [7, 11) is 0. The number of hydrogen-bond donors (Lipinski definition) is 2. The molecule has 0 fully saturated rings. The first kappa shape index (κ1) is 19.8. The molecule has 0 aliphatic heterocycles. The molecule has 0 aliphatic rings. The maximum atomic E-state index is 12.5. The zero-order valence-electron chi connectivity index (χ0n) is 16.1. The van der Waals surface area contributed by atoms with Crippen LogP contribution >= 0.6 is 0 Å². The minimum absolute atomic E-state index is 0.223. The van der Waals surface area contributed by atoms with Gasteiger partial charge in [-0.05, 0) is 41.8 Å². The van der Waals surface area contributed by atoms with Crippen LogP contribution in [0.1, 0.15) is 51.6 Å². The lowest BCUT2D eigenvalue weighted by Gasteiger charge is -2.10. The fourth-order valence-electron chi connectivity index (χ4n) is 2.73. The Morgan fingerprint density at radius 2 is 1.55 bits per heavy atom.